The first-order chi connectivity index (χ1) is 10.7. The van der Waals surface area contributed by atoms with Crippen molar-refractivity contribution < 1.29 is 19.1 Å². The molecule has 1 heterocycles. The maximum absolute atomic E-state index is 12.5. The molecule has 6 heteroatoms. The van der Waals surface area contributed by atoms with Crippen LogP contribution in [0.4, 0.5) is 10.5 Å². The van der Waals surface area contributed by atoms with E-state index >= 15 is 0 Å². The molecule has 2 rings (SSSR count). The Bertz CT molecular complexity index is 616. The van der Waals surface area contributed by atoms with Gasteiger partial charge in [-0.25, -0.2) is 9.69 Å². The van der Waals surface area contributed by atoms with Crippen molar-refractivity contribution in [1.29, 1.82) is 0 Å². The molecule has 6 nitrogen and oxygen atoms in total. The maximum atomic E-state index is 12.5. The highest BCUT2D eigenvalue weighted by molar-refractivity contribution is 6.05. The molecular weight excluding hydrogens is 296 g/mol. The number of carbonyl (C=O) groups excluding carboxylic acids is 3. The molecule has 1 aliphatic rings. The number of benzene rings is 1. The van der Waals surface area contributed by atoms with Gasteiger partial charge in [0.05, 0.1) is 5.41 Å². The van der Waals surface area contributed by atoms with Gasteiger partial charge in [-0.15, -0.1) is 0 Å². The number of urea groups is 1. The number of ether oxygens (including phenoxy) is 1. The van der Waals surface area contributed by atoms with E-state index < -0.39 is 17.4 Å². The molecule has 1 aromatic rings. The lowest BCUT2D eigenvalue weighted by Crippen LogP contribution is -2.53. The minimum absolute atomic E-state index is 0.201. The Labute approximate surface area is 136 Å². The summed E-state index contributed by atoms with van der Waals surface area (Å²) >= 11 is 0. The molecule has 0 aliphatic carbocycles. The Morgan fingerprint density at radius 3 is 2.35 bits per heavy atom. The van der Waals surface area contributed by atoms with Gasteiger partial charge >= 0.3 is 12.0 Å². The van der Waals surface area contributed by atoms with Crippen LogP contribution in [0.2, 0.25) is 0 Å². The predicted octanol–water partition coefficient (Wildman–Crippen LogP) is 2.70. The fourth-order valence-electron chi connectivity index (χ4n) is 2.12. The molecule has 3 amide bonds. The summed E-state index contributed by atoms with van der Waals surface area (Å²) in [7, 11) is 0. The van der Waals surface area contributed by atoms with Crippen molar-refractivity contribution in [3.8, 4) is 0 Å². The lowest BCUT2D eigenvalue weighted by molar-refractivity contribution is -0.158. The average molecular weight is 318 g/mol. The molecule has 0 unspecified atom stereocenters. The van der Waals surface area contributed by atoms with Crippen LogP contribution in [0.25, 0.3) is 0 Å². The van der Waals surface area contributed by atoms with Gasteiger partial charge < -0.3 is 4.74 Å². The summed E-state index contributed by atoms with van der Waals surface area (Å²) in [4.78, 5) is 38.8. The largest absolute Gasteiger partial charge is 0.443 e. The fraction of sp³-hybridized carbons (Fsp3) is 0.471. The first-order valence-corrected chi connectivity index (χ1v) is 7.56. The van der Waals surface area contributed by atoms with E-state index in [4.69, 9.17) is 4.74 Å². The summed E-state index contributed by atoms with van der Waals surface area (Å²) < 4.78 is 5.11. The SMILES string of the molecule is Cc1ccc(N2CCC(=O)N(COC(=O)C(C)(C)C)C2=O)cc1. The molecule has 23 heavy (non-hydrogen) atoms. The van der Waals surface area contributed by atoms with E-state index in [2.05, 4.69) is 0 Å². The summed E-state index contributed by atoms with van der Waals surface area (Å²) in [6, 6.07) is 7.02. The highest BCUT2D eigenvalue weighted by atomic mass is 16.5. The van der Waals surface area contributed by atoms with Crippen LogP contribution < -0.4 is 4.90 Å². The van der Waals surface area contributed by atoms with Crippen LogP contribution >= 0.6 is 0 Å². The van der Waals surface area contributed by atoms with Crippen molar-refractivity contribution >= 4 is 23.6 Å². The van der Waals surface area contributed by atoms with Crippen LogP contribution in [0.3, 0.4) is 0 Å². The van der Waals surface area contributed by atoms with Gasteiger partial charge in [0.15, 0.2) is 6.73 Å². The van der Waals surface area contributed by atoms with Crippen LogP contribution in [-0.4, -0.2) is 36.1 Å². The van der Waals surface area contributed by atoms with Crippen LogP contribution in [0.15, 0.2) is 24.3 Å². The van der Waals surface area contributed by atoms with Gasteiger partial charge in [-0.1, -0.05) is 17.7 Å². The van der Waals surface area contributed by atoms with Gasteiger partial charge in [-0.2, -0.15) is 0 Å². The van der Waals surface area contributed by atoms with E-state index in [0.717, 1.165) is 16.2 Å². The van der Waals surface area contributed by atoms with E-state index in [9.17, 15) is 14.4 Å². The molecule has 1 aliphatic heterocycles. The third kappa shape index (κ3) is 3.88. The number of carbonyl (C=O) groups is 3. The zero-order valence-corrected chi connectivity index (χ0v) is 14.0. The molecule has 1 saturated heterocycles. The van der Waals surface area contributed by atoms with E-state index in [1.807, 2.05) is 31.2 Å². The summed E-state index contributed by atoms with van der Waals surface area (Å²) in [6.07, 6.45) is 0.201. The van der Waals surface area contributed by atoms with Crippen molar-refractivity contribution in [1.82, 2.24) is 4.90 Å². The summed E-state index contributed by atoms with van der Waals surface area (Å²) in [5.74, 6) is -0.786. The first-order valence-electron chi connectivity index (χ1n) is 7.56. The second kappa shape index (κ2) is 6.40. The summed E-state index contributed by atoms with van der Waals surface area (Å²) in [6.45, 7) is 7.08. The van der Waals surface area contributed by atoms with E-state index in [1.165, 1.54) is 4.90 Å². The fourth-order valence-corrected chi connectivity index (χ4v) is 2.12. The average Bonchev–Trinajstić information content (AvgIpc) is 2.47. The normalized spacial score (nSPS) is 15.8. The lowest BCUT2D eigenvalue weighted by Gasteiger charge is -2.34. The Morgan fingerprint density at radius 1 is 1.17 bits per heavy atom. The molecule has 0 saturated carbocycles. The number of aryl methyl sites for hydroxylation is 1. The molecular formula is C17H22N2O4. The minimum Gasteiger partial charge on any atom is -0.443 e. The third-order valence-electron chi connectivity index (χ3n) is 3.59. The molecule has 0 N–H and O–H groups in total. The van der Waals surface area contributed by atoms with Crippen molar-refractivity contribution in [2.45, 2.75) is 34.1 Å². The van der Waals surface area contributed by atoms with Crippen molar-refractivity contribution in [3.63, 3.8) is 0 Å². The third-order valence-corrected chi connectivity index (χ3v) is 3.59. The Hall–Kier alpha value is -2.37. The van der Waals surface area contributed by atoms with Crippen molar-refractivity contribution in [2.75, 3.05) is 18.2 Å². The van der Waals surface area contributed by atoms with Gasteiger partial charge in [0.25, 0.3) is 0 Å². The Balaban J connectivity index is 2.10. The van der Waals surface area contributed by atoms with Crippen LogP contribution in [-0.2, 0) is 14.3 Å². The van der Waals surface area contributed by atoms with Gasteiger partial charge in [-0.05, 0) is 39.8 Å². The second-order valence-corrected chi connectivity index (χ2v) is 6.65. The molecule has 0 atom stereocenters. The minimum atomic E-state index is -0.682. The first kappa shape index (κ1) is 17.0. The molecule has 1 fully saturated rings. The topological polar surface area (TPSA) is 66.9 Å². The highest BCUT2D eigenvalue weighted by Crippen LogP contribution is 2.22. The van der Waals surface area contributed by atoms with Crippen LogP contribution in [0, 0.1) is 12.3 Å². The highest BCUT2D eigenvalue weighted by Gasteiger charge is 2.34. The number of rotatable bonds is 3. The number of hydrogen-bond acceptors (Lipinski definition) is 4. The maximum Gasteiger partial charge on any atom is 0.333 e. The smallest absolute Gasteiger partial charge is 0.333 e. The summed E-state index contributed by atoms with van der Waals surface area (Å²) in [5.41, 5.74) is 1.13. The standard InChI is InChI=1S/C17H22N2O4/c1-12-5-7-13(8-6-12)18-10-9-14(20)19(16(18)22)11-23-15(21)17(2,3)4/h5-8H,9-11H2,1-4H3. The molecule has 124 valence electrons. The van der Waals surface area contributed by atoms with Gasteiger partial charge in [0, 0.05) is 18.7 Å². The number of anilines is 1. The second-order valence-electron chi connectivity index (χ2n) is 6.65. The predicted molar refractivity (Wildman–Crippen MR) is 85.8 cm³/mol. The van der Waals surface area contributed by atoms with Gasteiger partial charge in [-0.3, -0.25) is 14.5 Å². The number of esters is 1. The lowest BCUT2D eigenvalue weighted by atomic mass is 9.98. The zero-order chi connectivity index (χ0) is 17.2. The van der Waals surface area contributed by atoms with E-state index in [-0.39, 0.29) is 19.1 Å². The number of amides is 3. The molecule has 0 spiro atoms. The molecule has 0 aromatic heterocycles. The Morgan fingerprint density at radius 2 is 1.78 bits per heavy atom. The number of imide groups is 1. The number of nitrogens with zero attached hydrogens (tertiary/aromatic N) is 2. The van der Waals surface area contributed by atoms with E-state index in [0.29, 0.717) is 6.54 Å². The zero-order valence-electron chi connectivity index (χ0n) is 14.0. The van der Waals surface area contributed by atoms with Crippen LogP contribution in [0.1, 0.15) is 32.8 Å². The number of hydrogen-bond donors (Lipinski definition) is 0. The van der Waals surface area contributed by atoms with Crippen molar-refractivity contribution in [2.24, 2.45) is 5.41 Å². The molecule has 1 aromatic carbocycles. The van der Waals surface area contributed by atoms with Gasteiger partial charge in [0.1, 0.15) is 0 Å². The Kier molecular flexibility index (Phi) is 4.73. The molecule has 0 radical (unpaired) electrons. The summed E-state index contributed by atoms with van der Waals surface area (Å²) in [5, 5.41) is 0. The monoisotopic (exact) mass is 318 g/mol. The quantitative estimate of drug-likeness (QED) is 0.804. The van der Waals surface area contributed by atoms with Crippen LogP contribution in [0.5, 0.6) is 0 Å². The van der Waals surface area contributed by atoms with E-state index in [1.54, 1.807) is 20.8 Å². The van der Waals surface area contributed by atoms with Gasteiger partial charge in [0.2, 0.25) is 5.91 Å². The van der Waals surface area contributed by atoms with Crippen molar-refractivity contribution in [3.05, 3.63) is 29.8 Å². The molecule has 0 bridgehead atoms.